The fourth-order valence-corrected chi connectivity index (χ4v) is 3.88. The normalized spacial score (nSPS) is 42.2. The molecule has 0 spiro atoms. The Morgan fingerprint density at radius 2 is 1.84 bits per heavy atom. The summed E-state index contributed by atoms with van der Waals surface area (Å²) in [5.41, 5.74) is -0.203. The summed E-state index contributed by atoms with van der Waals surface area (Å²) in [5, 5.41) is 22.9. The smallest absolute Gasteiger partial charge is 0.307 e. The van der Waals surface area contributed by atoms with Gasteiger partial charge < -0.3 is 15.5 Å². The number of carbonyl (C=O) groups is 1. The van der Waals surface area contributed by atoms with Crippen LogP contribution in [0, 0.1) is 17.3 Å². The van der Waals surface area contributed by atoms with E-state index in [-0.39, 0.29) is 23.5 Å². The molecule has 2 saturated carbocycles. The van der Waals surface area contributed by atoms with Gasteiger partial charge in [0.15, 0.2) is 0 Å². The third kappa shape index (κ3) is 2.79. The molecular weight excluding hydrogens is 242 g/mol. The lowest BCUT2D eigenvalue weighted by molar-refractivity contribution is -0.150. The highest BCUT2D eigenvalue weighted by Crippen LogP contribution is 2.45. The first-order valence-corrected chi connectivity index (χ1v) is 7.51. The van der Waals surface area contributed by atoms with Crippen molar-refractivity contribution in [3.63, 3.8) is 0 Å². The second kappa shape index (κ2) is 5.41. The van der Waals surface area contributed by atoms with Crippen molar-refractivity contribution in [1.29, 1.82) is 0 Å². The predicted octanol–water partition coefficient (Wildman–Crippen LogP) is 2.01. The van der Waals surface area contributed by atoms with Crippen LogP contribution in [0.25, 0.3) is 0 Å². The van der Waals surface area contributed by atoms with Gasteiger partial charge in [0.2, 0.25) is 0 Å². The van der Waals surface area contributed by atoms with Gasteiger partial charge in [-0.2, -0.15) is 0 Å². The molecule has 0 aromatic rings. The van der Waals surface area contributed by atoms with E-state index >= 15 is 0 Å². The summed E-state index contributed by atoms with van der Waals surface area (Å²) >= 11 is 0. The molecule has 5 atom stereocenters. The summed E-state index contributed by atoms with van der Waals surface area (Å²) in [7, 11) is 0. The summed E-state index contributed by atoms with van der Waals surface area (Å²) < 4.78 is 0. The van der Waals surface area contributed by atoms with Crippen molar-refractivity contribution in [2.24, 2.45) is 17.3 Å². The van der Waals surface area contributed by atoms with Gasteiger partial charge >= 0.3 is 5.97 Å². The van der Waals surface area contributed by atoms with Gasteiger partial charge in [0.25, 0.3) is 0 Å². The molecule has 3 N–H and O–H groups in total. The molecule has 0 aromatic heterocycles. The summed E-state index contributed by atoms with van der Waals surface area (Å²) in [6.45, 7) is 6.28. The highest BCUT2D eigenvalue weighted by Gasteiger charge is 2.46. The minimum absolute atomic E-state index is 0.199. The summed E-state index contributed by atoms with van der Waals surface area (Å²) in [4.78, 5) is 11.4. The highest BCUT2D eigenvalue weighted by molar-refractivity contribution is 5.71. The van der Waals surface area contributed by atoms with Crippen molar-refractivity contribution in [3.8, 4) is 0 Å². The number of aliphatic carboxylic acids is 1. The van der Waals surface area contributed by atoms with Crippen LogP contribution in [0.15, 0.2) is 0 Å². The number of nitrogens with one attached hydrogen (secondary N) is 1. The largest absolute Gasteiger partial charge is 0.481 e. The molecule has 0 heterocycles. The van der Waals surface area contributed by atoms with Crippen molar-refractivity contribution in [2.45, 2.75) is 71.1 Å². The highest BCUT2D eigenvalue weighted by atomic mass is 16.4. The van der Waals surface area contributed by atoms with E-state index in [9.17, 15) is 15.0 Å². The molecule has 19 heavy (non-hydrogen) atoms. The monoisotopic (exact) mass is 269 g/mol. The lowest BCUT2D eigenvalue weighted by Crippen LogP contribution is -2.54. The minimum atomic E-state index is -0.670. The molecule has 4 nitrogen and oxygen atoms in total. The Bertz CT molecular complexity index is 342. The van der Waals surface area contributed by atoms with Crippen molar-refractivity contribution >= 4 is 5.97 Å². The van der Waals surface area contributed by atoms with E-state index in [1.54, 1.807) is 0 Å². The van der Waals surface area contributed by atoms with Gasteiger partial charge in [0.05, 0.1) is 12.0 Å². The van der Waals surface area contributed by atoms with Gasteiger partial charge in [-0.1, -0.05) is 20.8 Å². The van der Waals surface area contributed by atoms with Crippen LogP contribution in [0.4, 0.5) is 0 Å². The molecule has 110 valence electrons. The minimum Gasteiger partial charge on any atom is -0.481 e. The maximum Gasteiger partial charge on any atom is 0.307 e. The standard InChI is InChI=1S/C15H27NO3/c1-9-11(16-12-5-4-6-13(12)17)8-7-10(14(18)19)15(9,2)3/h9-13,16-17H,4-8H2,1-3H3,(H,18,19). The lowest BCUT2D eigenvalue weighted by Gasteiger charge is -2.47. The molecular formula is C15H27NO3. The predicted molar refractivity (Wildman–Crippen MR) is 73.9 cm³/mol. The molecule has 0 amide bonds. The van der Waals surface area contributed by atoms with Crippen LogP contribution in [0.5, 0.6) is 0 Å². The number of aliphatic hydroxyl groups is 1. The van der Waals surface area contributed by atoms with Crippen molar-refractivity contribution in [2.75, 3.05) is 0 Å². The number of hydrogen-bond acceptors (Lipinski definition) is 3. The van der Waals surface area contributed by atoms with Gasteiger partial charge in [-0.3, -0.25) is 4.79 Å². The summed E-state index contributed by atoms with van der Waals surface area (Å²) in [6, 6.07) is 0.521. The molecule has 2 fully saturated rings. The average molecular weight is 269 g/mol. The topological polar surface area (TPSA) is 69.6 Å². The Kier molecular flexibility index (Phi) is 4.21. The van der Waals surface area contributed by atoms with Gasteiger partial charge in [-0.15, -0.1) is 0 Å². The third-order valence-electron chi connectivity index (χ3n) is 5.65. The Morgan fingerprint density at radius 3 is 2.37 bits per heavy atom. The first-order chi connectivity index (χ1) is 8.84. The zero-order valence-electron chi connectivity index (χ0n) is 12.2. The number of rotatable bonds is 3. The zero-order chi connectivity index (χ0) is 14.2. The lowest BCUT2D eigenvalue weighted by atomic mass is 9.61. The Morgan fingerprint density at radius 1 is 1.16 bits per heavy atom. The van der Waals surface area contributed by atoms with Crippen LogP contribution in [-0.4, -0.2) is 34.4 Å². The first kappa shape index (κ1) is 14.8. The van der Waals surface area contributed by atoms with Crippen LogP contribution in [0.3, 0.4) is 0 Å². The van der Waals surface area contributed by atoms with Gasteiger partial charge in [0.1, 0.15) is 0 Å². The quantitative estimate of drug-likeness (QED) is 0.733. The van der Waals surface area contributed by atoms with Gasteiger partial charge in [-0.25, -0.2) is 0 Å². The number of carboxylic acid groups (broad SMARTS) is 1. The Labute approximate surface area is 115 Å². The van der Waals surface area contributed by atoms with Crippen molar-refractivity contribution in [3.05, 3.63) is 0 Å². The van der Waals surface area contributed by atoms with E-state index in [1.807, 2.05) is 0 Å². The van der Waals surface area contributed by atoms with Crippen molar-refractivity contribution < 1.29 is 15.0 Å². The van der Waals surface area contributed by atoms with E-state index in [4.69, 9.17) is 0 Å². The Hall–Kier alpha value is -0.610. The number of hydrogen-bond donors (Lipinski definition) is 3. The molecule has 5 unspecified atom stereocenters. The fraction of sp³-hybridized carbons (Fsp3) is 0.933. The summed E-state index contributed by atoms with van der Waals surface area (Å²) in [5.74, 6) is -0.625. The van der Waals surface area contributed by atoms with E-state index in [1.165, 1.54) is 0 Å². The van der Waals surface area contributed by atoms with E-state index in [2.05, 4.69) is 26.1 Å². The second-order valence-corrected chi connectivity index (χ2v) is 6.96. The molecule has 0 aliphatic heterocycles. The molecule has 0 aromatic carbocycles. The molecule has 2 aliphatic carbocycles. The summed E-state index contributed by atoms with van der Waals surface area (Å²) in [6.07, 6.45) is 4.40. The van der Waals surface area contributed by atoms with Crippen LogP contribution >= 0.6 is 0 Å². The maximum absolute atomic E-state index is 11.4. The maximum atomic E-state index is 11.4. The van der Waals surface area contributed by atoms with Crippen LogP contribution in [-0.2, 0) is 4.79 Å². The Balaban J connectivity index is 2.03. The average Bonchev–Trinajstić information content (AvgIpc) is 2.70. The zero-order valence-corrected chi connectivity index (χ0v) is 12.2. The molecule has 0 saturated heterocycles. The van der Waals surface area contributed by atoms with Gasteiger partial charge in [0, 0.05) is 12.1 Å². The third-order valence-corrected chi connectivity index (χ3v) is 5.65. The number of aliphatic hydroxyl groups excluding tert-OH is 1. The van der Waals surface area contributed by atoms with Crippen LogP contribution in [0.1, 0.15) is 52.9 Å². The first-order valence-electron chi connectivity index (χ1n) is 7.51. The SMILES string of the molecule is CC1C(NC2CCCC2O)CCC(C(=O)O)C1(C)C. The molecule has 4 heteroatoms. The fourth-order valence-electron chi connectivity index (χ4n) is 3.88. The van der Waals surface area contributed by atoms with E-state index in [0.29, 0.717) is 12.0 Å². The van der Waals surface area contributed by atoms with Crippen LogP contribution in [0.2, 0.25) is 0 Å². The van der Waals surface area contributed by atoms with Gasteiger partial charge in [-0.05, 0) is 43.4 Å². The molecule has 2 rings (SSSR count). The molecule has 2 aliphatic rings. The molecule has 0 radical (unpaired) electrons. The van der Waals surface area contributed by atoms with Crippen LogP contribution < -0.4 is 5.32 Å². The van der Waals surface area contributed by atoms with E-state index in [0.717, 1.165) is 32.1 Å². The molecule has 0 bridgehead atoms. The number of carboxylic acids is 1. The second-order valence-electron chi connectivity index (χ2n) is 6.96. The van der Waals surface area contributed by atoms with Crippen molar-refractivity contribution in [1.82, 2.24) is 5.32 Å². The van der Waals surface area contributed by atoms with E-state index < -0.39 is 5.97 Å².